The number of hydrogen-bond acceptors (Lipinski definition) is 0. The third kappa shape index (κ3) is 5.41. The molecular weight excluding hydrogens is 379 g/mol. The predicted octanol–water partition coefficient (Wildman–Crippen LogP) is 9.37. The Bertz CT molecular complexity index is 863. The highest BCUT2D eigenvalue weighted by atomic mass is 19.1. The van der Waals surface area contributed by atoms with E-state index >= 15 is 4.39 Å². The quantitative estimate of drug-likeness (QED) is 0.309. The normalized spacial score (nSPS) is 27.2. The zero-order chi connectivity index (χ0) is 21.6. The Morgan fingerprint density at radius 2 is 1.58 bits per heavy atom. The van der Waals surface area contributed by atoms with Gasteiger partial charge in [-0.2, -0.15) is 0 Å². The molecule has 0 unspecified atom stereocenters. The van der Waals surface area contributed by atoms with Crippen molar-refractivity contribution in [2.45, 2.75) is 96.8 Å². The van der Waals surface area contributed by atoms with Crippen molar-refractivity contribution in [3.8, 4) is 0 Å². The van der Waals surface area contributed by atoms with Crippen LogP contribution in [0.15, 0.2) is 42.5 Å². The summed E-state index contributed by atoms with van der Waals surface area (Å²) >= 11 is 0. The van der Waals surface area contributed by atoms with Gasteiger partial charge in [0.1, 0.15) is 5.82 Å². The Hall–Kier alpha value is -1.63. The van der Waals surface area contributed by atoms with Crippen molar-refractivity contribution in [1.29, 1.82) is 0 Å². The van der Waals surface area contributed by atoms with Crippen molar-refractivity contribution in [2.75, 3.05) is 0 Å². The molecule has 2 saturated carbocycles. The maximum Gasteiger partial charge on any atom is 0.134 e. The largest absolute Gasteiger partial charge is 0.206 e. The van der Waals surface area contributed by atoms with Gasteiger partial charge in [0, 0.05) is 5.39 Å². The van der Waals surface area contributed by atoms with Gasteiger partial charge in [0.05, 0.1) is 0 Å². The summed E-state index contributed by atoms with van der Waals surface area (Å²) in [5, 5.41) is 1.89. The summed E-state index contributed by atoms with van der Waals surface area (Å²) in [4.78, 5) is 0. The van der Waals surface area contributed by atoms with Crippen molar-refractivity contribution in [2.24, 2.45) is 17.8 Å². The van der Waals surface area contributed by atoms with E-state index < -0.39 is 0 Å². The standard InChI is InChI=1S/C30H41F/c1-3-5-6-8-23-11-19-29-27(21-23)18-20-28(30(29)31)26-16-14-25(15-17-26)24-12-9-22(7-4-2)10-13-24/h4,7,11,18-22,24-26H,3,5-6,8-10,12-17H2,1-2H3/b7-4+. The molecule has 0 spiro atoms. The van der Waals surface area contributed by atoms with Crippen LogP contribution >= 0.6 is 0 Å². The molecule has 2 fully saturated rings. The van der Waals surface area contributed by atoms with Gasteiger partial charge in [-0.1, -0.05) is 62.2 Å². The summed E-state index contributed by atoms with van der Waals surface area (Å²) in [6, 6.07) is 10.7. The van der Waals surface area contributed by atoms with Crippen LogP contribution in [0.2, 0.25) is 0 Å². The maximum absolute atomic E-state index is 15.5. The number of unbranched alkanes of at least 4 members (excludes halogenated alkanes) is 2. The molecule has 168 valence electrons. The first-order chi connectivity index (χ1) is 15.2. The number of aryl methyl sites for hydroxylation is 1. The van der Waals surface area contributed by atoms with E-state index in [0.29, 0.717) is 5.92 Å². The van der Waals surface area contributed by atoms with Crippen molar-refractivity contribution in [1.82, 2.24) is 0 Å². The van der Waals surface area contributed by atoms with E-state index in [2.05, 4.69) is 50.3 Å². The zero-order valence-electron chi connectivity index (χ0n) is 19.7. The topological polar surface area (TPSA) is 0 Å². The summed E-state index contributed by atoms with van der Waals surface area (Å²) < 4.78 is 15.5. The second kappa shape index (κ2) is 10.8. The first kappa shape index (κ1) is 22.6. The van der Waals surface area contributed by atoms with Gasteiger partial charge in [-0.25, -0.2) is 4.39 Å². The molecule has 0 aliphatic heterocycles. The Kier molecular flexibility index (Phi) is 7.86. The molecule has 0 saturated heterocycles. The van der Waals surface area contributed by atoms with Crippen LogP contribution in [0.5, 0.6) is 0 Å². The first-order valence-electron chi connectivity index (χ1n) is 13.0. The minimum absolute atomic E-state index is 0.0490. The third-order valence-corrected chi connectivity index (χ3v) is 8.28. The highest BCUT2D eigenvalue weighted by Gasteiger charge is 2.31. The number of fused-ring (bicyclic) bond motifs is 1. The number of halogens is 1. The van der Waals surface area contributed by atoms with Crippen molar-refractivity contribution >= 4 is 10.8 Å². The van der Waals surface area contributed by atoms with Crippen LogP contribution in [-0.4, -0.2) is 0 Å². The van der Waals surface area contributed by atoms with Crippen molar-refractivity contribution in [3.05, 3.63) is 59.4 Å². The molecule has 2 aliphatic rings. The van der Waals surface area contributed by atoms with Crippen LogP contribution in [0.1, 0.15) is 102 Å². The van der Waals surface area contributed by atoms with Gasteiger partial charge in [0.25, 0.3) is 0 Å². The molecule has 0 amide bonds. The van der Waals surface area contributed by atoms with Crippen LogP contribution in [0, 0.1) is 23.6 Å². The molecule has 0 bridgehead atoms. The third-order valence-electron chi connectivity index (χ3n) is 8.28. The second-order valence-electron chi connectivity index (χ2n) is 10.3. The number of benzene rings is 2. The molecule has 2 aliphatic carbocycles. The molecule has 0 heterocycles. The minimum Gasteiger partial charge on any atom is -0.206 e. The lowest BCUT2D eigenvalue weighted by molar-refractivity contribution is 0.171. The Morgan fingerprint density at radius 3 is 2.26 bits per heavy atom. The van der Waals surface area contributed by atoms with Gasteiger partial charge < -0.3 is 0 Å². The number of allylic oxidation sites excluding steroid dienone is 2. The van der Waals surface area contributed by atoms with E-state index in [4.69, 9.17) is 0 Å². The van der Waals surface area contributed by atoms with Gasteiger partial charge in [0.15, 0.2) is 0 Å². The van der Waals surface area contributed by atoms with Crippen LogP contribution in [0.3, 0.4) is 0 Å². The van der Waals surface area contributed by atoms with E-state index in [1.807, 2.05) is 6.07 Å². The van der Waals surface area contributed by atoms with E-state index in [0.717, 1.165) is 53.4 Å². The highest BCUT2D eigenvalue weighted by Crippen LogP contribution is 2.45. The molecule has 0 radical (unpaired) electrons. The van der Waals surface area contributed by atoms with E-state index in [-0.39, 0.29) is 5.82 Å². The molecule has 0 nitrogen and oxygen atoms in total. The molecule has 4 rings (SSSR count). The fraction of sp³-hybridized carbons (Fsp3) is 0.600. The van der Waals surface area contributed by atoms with E-state index in [1.165, 1.54) is 63.4 Å². The average Bonchev–Trinajstić information content (AvgIpc) is 2.80. The van der Waals surface area contributed by atoms with Gasteiger partial charge in [-0.15, -0.1) is 0 Å². The summed E-state index contributed by atoms with van der Waals surface area (Å²) in [6.45, 7) is 4.38. The fourth-order valence-electron chi connectivity index (χ4n) is 6.39. The Labute approximate surface area is 189 Å². The predicted molar refractivity (Wildman–Crippen MR) is 132 cm³/mol. The minimum atomic E-state index is 0.0490. The lowest BCUT2D eigenvalue weighted by Gasteiger charge is -2.37. The summed E-state index contributed by atoms with van der Waals surface area (Å²) in [5.41, 5.74) is 2.32. The molecule has 2 aromatic rings. The van der Waals surface area contributed by atoms with Crippen LogP contribution < -0.4 is 0 Å². The maximum atomic E-state index is 15.5. The fourth-order valence-corrected chi connectivity index (χ4v) is 6.39. The molecule has 1 heteroatoms. The van der Waals surface area contributed by atoms with Gasteiger partial charge >= 0.3 is 0 Å². The van der Waals surface area contributed by atoms with E-state index in [9.17, 15) is 0 Å². The summed E-state index contributed by atoms with van der Waals surface area (Å²) in [6.07, 6.45) is 19.9. The Balaban J connectivity index is 1.37. The van der Waals surface area contributed by atoms with Crippen molar-refractivity contribution < 1.29 is 4.39 Å². The zero-order valence-corrected chi connectivity index (χ0v) is 19.7. The second-order valence-corrected chi connectivity index (χ2v) is 10.3. The first-order valence-corrected chi connectivity index (χ1v) is 13.0. The number of hydrogen-bond donors (Lipinski definition) is 0. The van der Waals surface area contributed by atoms with Crippen LogP contribution in [0.25, 0.3) is 10.8 Å². The molecule has 0 atom stereocenters. The van der Waals surface area contributed by atoms with Crippen LogP contribution in [0.4, 0.5) is 4.39 Å². The molecule has 0 aromatic heterocycles. The molecular formula is C30H41F. The van der Waals surface area contributed by atoms with Gasteiger partial charge in [-0.05, 0) is 111 Å². The SMILES string of the molecule is C/C=C/C1CCC(C2CCC(c3ccc4cc(CCCCC)ccc4c3F)CC2)CC1. The van der Waals surface area contributed by atoms with E-state index in [1.54, 1.807) is 0 Å². The highest BCUT2D eigenvalue weighted by molar-refractivity contribution is 5.84. The molecule has 2 aromatic carbocycles. The molecule has 0 N–H and O–H groups in total. The molecule has 31 heavy (non-hydrogen) atoms. The lowest BCUT2D eigenvalue weighted by Crippen LogP contribution is -2.25. The number of rotatable bonds is 7. The van der Waals surface area contributed by atoms with Crippen LogP contribution in [-0.2, 0) is 6.42 Å². The lowest BCUT2D eigenvalue weighted by atomic mass is 9.68. The average molecular weight is 421 g/mol. The van der Waals surface area contributed by atoms with Gasteiger partial charge in [-0.3, -0.25) is 0 Å². The summed E-state index contributed by atoms with van der Waals surface area (Å²) in [7, 11) is 0. The summed E-state index contributed by atoms with van der Waals surface area (Å²) in [5.74, 6) is 3.06. The Morgan fingerprint density at radius 1 is 0.871 bits per heavy atom. The van der Waals surface area contributed by atoms with Crippen molar-refractivity contribution in [3.63, 3.8) is 0 Å². The monoisotopic (exact) mass is 420 g/mol. The smallest absolute Gasteiger partial charge is 0.134 e. The van der Waals surface area contributed by atoms with Gasteiger partial charge in [0.2, 0.25) is 0 Å².